The molecule has 1 unspecified atom stereocenters. The number of rotatable bonds is 5. The van der Waals surface area contributed by atoms with E-state index in [1.165, 1.54) is 12.1 Å². The summed E-state index contributed by atoms with van der Waals surface area (Å²) in [6, 6.07) is 3.71. The van der Waals surface area contributed by atoms with Gasteiger partial charge in [-0.15, -0.1) is 0 Å². The molecule has 16 heavy (non-hydrogen) atoms. The number of hydrogen-bond acceptors (Lipinski definition) is 2. The Labute approximate surface area is 93.9 Å². The molecular weight excluding hydrogens is 211 g/mol. The molecule has 0 fully saturated rings. The predicted molar refractivity (Wildman–Crippen MR) is 57.9 cm³/mol. The number of hydrogen-bond donors (Lipinski definition) is 1. The first kappa shape index (κ1) is 12.6. The number of carboxylic acid groups (broad SMARTS) is 1. The summed E-state index contributed by atoms with van der Waals surface area (Å²) in [5, 5.41) is 8.75. The second kappa shape index (κ2) is 5.61. The third-order valence-corrected chi connectivity index (χ3v) is 2.31. The summed E-state index contributed by atoms with van der Waals surface area (Å²) in [5.41, 5.74) is 0.487. The second-order valence-corrected chi connectivity index (χ2v) is 3.68. The fourth-order valence-electron chi connectivity index (χ4n) is 1.21. The monoisotopic (exact) mass is 226 g/mol. The van der Waals surface area contributed by atoms with Crippen LogP contribution in [-0.2, 0) is 11.3 Å². The van der Waals surface area contributed by atoms with E-state index in [0.29, 0.717) is 5.56 Å². The largest absolute Gasteiger partial charge is 0.478 e. The quantitative estimate of drug-likeness (QED) is 0.839. The lowest BCUT2D eigenvalue weighted by Crippen LogP contribution is -2.07. The molecule has 0 saturated heterocycles. The van der Waals surface area contributed by atoms with E-state index in [2.05, 4.69) is 0 Å². The summed E-state index contributed by atoms with van der Waals surface area (Å²) in [4.78, 5) is 10.7. The molecule has 0 spiro atoms. The third-order valence-electron chi connectivity index (χ3n) is 2.31. The Hall–Kier alpha value is -1.42. The van der Waals surface area contributed by atoms with Crippen molar-refractivity contribution in [2.75, 3.05) is 0 Å². The predicted octanol–water partition coefficient (Wildman–Crippen LogP) is 2.84. The maximum absolute atomic E-state index is 13.1. The summed E-state index contributed by atoms with van der Waals surface area (Å²) in [6.07, 6.45) is 0.942. The second-order valence-electron chi connectivity index (χ2n) is 3.68. The van der Waals surface area contributed by atoms with Crippen LogP contribution in [-0.4, -0.2) is 17.2 Å². The maximum atomic E-state index is 13.1. The van der Waals surface area contributed by atoms with Gasteiger partial charge in [0.05, 0.1) is 18.3 Å². The van der Waals surface area contributed by atoms with Gasteiger partial charge in [0.2, 0.25) is 0 Å². The smallest absolute Gasteiger partial charge is 0.335 e. The average molecular weight is 226 g/mol. The van der Waals surface area contributed by atoms with Gasteiger partial charge in [-0.3, -0.25) is 0 Å². The van der Waals surface area contributed by atoms with E-state index in [4.69, 9.17) is 9.84 Å². The molecular formula is C12H15FO3. The van der Waals surface area contributed by atoms with Crippen LogP contribution in [0, 0.1) is 5.82 Å². The van der Waals surface area contributed by atoms with Crippen molar-refractivity contribution in [1.29, 1.82) is 0 Å². The molecule has 4 heteroatoms. The van der Waals surface area contributed by atoms with Gasteiger partial charge in [-0.05, 0) is 37.1 Å². The number of halogens is 1. The van der Waals surface area contributed by atoms with E-state index >= 15 is 0 Å². The molecule has 0 aliphatic heterocycles. The van der Waals surface area contributed by atoms with Crippen molar-refractivity contribution in [3.63, 3.8) is 0 Å². The van der Waals surface area contributed by atoms with Crippen LogP contribution >= 0.6 is 0 Å². The number of benzene rings is 1. The Balaban J connectivity index is 2.76. The van der Waals surface area contributed by atoms with Gasteiger partial charge < -0.3 is 9.84 Å². The molecule has 1 aromatic rings. The Bertz CT molecular complexity index is 377. The van der Waals surface area contributed by atoms with Crippen LogP contribution in [0.25, 0.3) is 0 Å². The Morgan fingerprint density at radius 3 is 2.75 bits per heavy atom. The van der Waals surface area contributed by atoms with Crippen LogP contribution < -0.4 is 0 Å². The zero-order chi connectivity index (χ0) is 12.1. The summed E-state index contributed by atoms with van der Waals surface area (Å²) >= 11 is 0. The molecule has 1 rings (SSSR count). The van der Waals surface area contributed by atoms with E-state index in [9.17, 15) is 9.18 Å². The van der Waals surface area contributed by atoms with Crippen LogP contribution in [0.3, 0.4) is 0 Å². The van der Waals surface area contributed by atoms with Crippen molar-refractivity contribution < 1.29 is 19.0 Å². The summed E-state index contributed by atoms with van der Waals surface area (Å²) < 4.78 is 18.5. The summed E-state index contributed by atoms with van der Waals surface area (Å²) in [5.74, 6) is -1.69. The van der Waals surface area contributed by atoms with E-state index in [-0.39, 0.29) is 18.3 Å². The first-order valence-corrected chi connectivity index (χ1v) is 5.17. The molecule has 0 radical (unpaired) electrons. The highest BCUT2D eigenvalue weighted by atomic mass is 19.1. The highest BCUT2D eigenvalue weighted by Gasteiger charge is 2.08. The Morgan fingerprint density at radius 2 is 2.19 bits per heavy atom. The lowest BCUT2D eigenvalue weighted by atomic mass is 10.1. The fraction of sp³-hybridized carbons (Fsp3) is 0.417. The molecule has 0 heterocycles. The lowest BCUT2D eigenvalue weighted by molar-refractivity contribution is 0.0506. The third kappa shape index (κ3) is 3.62. The van der Waals surface area contributed by atoms with E-state index in [0.717, 1.165) is 12.5 Å². The molecule has 1 aromatic carbocycles. The summed E-state index contributed by atoms with van der Waals surface area (Å²) in [7, 11) is 0. The topological polar surface area (TPSA) is 46.5 Å². The van der Waals surface area contributed by atoms with Crippen LogP contribution in [0.1, 0.15) is 36.2 Å². The van der Waals surface area contributed by atoms with E-state index in [1.807, 2.05) is 13.8 Å². The average Bonchev–Trinajstić information content (AvgIpc) is 2.25. The molecule has 3 nitrogen and oxygen atoms in total. The zero-order valence-corrected chi connectivity index (χ0v) is 9.37. The van der Waals surface area contributed by atoms with E-state index < -0.39 is 11.8 Å². The molecule has 0 aliphatic rings. The molecule has 0 amide bonds. The van der Waals surface area contributed by atoms with Crippen molar-refractivity contribution in [2.45, 2.75) is 33.0 Å². The van der Waals surface area contributed by atoms with Crippen molar-refractivity contribution in [1.82, 2.24) is 0 Å². The molecule has 0 aromatic heterocycles. The molecule has 88 valence electrons. The molecule has 1 N–H and O–H groups in total. The van der Waals surface area contributed by atoms with Gasteiger partial charge in [0, 0.05) is 0 Å². The highest BCUT2D eigenvalue weighted by molar-refractivity contribution is 5.87. The SMILES string of the molecule is CCC(C)OCc1cc(F)cc(C(=O)O)c1. The van der Waals surface area contributed by atoms with Crippen LogP contribution in [0.2, 0.25) is 0 Å². The van der Waals surface area contributed by atoms with Crippen LogP contribution in [0.4, 0.5) is 4.39 Å². The first-order chi connectivity index (χ1) is 7.52. The lowest BCUT2D eigenvalue weighted by Gasteiger charge is -2.10. The number of carbonyl (C=O) groups is 1. The normalized spacial score (nSPS) is 12.4. The minimum atomic E-state index is -1.13. The minimum Gasteiger partial charge on any atom is -0.478 e. The van der Waals surface area contributed by atoms with Crippen molar-refractivity contribution in [3.05, 3.63) is 35.1 Å². The van der Waals surface area contributed by atoms with Crippen LogP contribution in [0.15, 0.2) is 18.2 Å². The van der Waals surface area contributed by atoms with Crippen molar-refractivity contribution in [3.8, 4) is 0 Å². The Morgan fingerprint density at radius 1 is 1.50 bits per heavy atom. The van der Waals surface area contributed by atoms with Gasteiger partial charge >= 0.3 is 5.97 Å². The first-order valence-electron chi connectivity index (χ1n) is 5.17. The number of aromatic carboxylic acids is 1. The zero-order valence-electron chi connectivity index (χ0n) is 9.37. The maximum Gasteiger partial charge on any atom is 0.335 e. The summed E-state index contributed by atoms with van der Waals surface area (Å²) in [6.45, 7) is 4.13. The molecule has 0 aliphatic carbocycles. The van der Waals surface area contributed by atoms with Gasteiger partial charge in [0.25, 0.3) is 0 Å². The van der Waals surface area contributed by atoms with Gasteiger partial charge in [0.15, 0.2) is 0 Å². The van der Waals surface area contributed by atoms with Crippen molar-refractivity contribution >= 4 is 5.97 Å². The fourth-order valence-corrected chi connectivity index (χ4v) is 1.21. The Kier molecular flexibility index (Phi) is 4.43. The van der Waals surface area contributed by atoms with E-state index in [1.54, 1.807) is 0 Å². The number of ether oxygens (including phenoxy) is 1. The minimum absolute atomic E-state index is 0.0530. The standard InChI is InChI=1S/C12H15FO3/c1-3-8(2)16-7-9-4-10(12(14)15)6-11(13)5-9/h4-6,8H,3,7H2,1-2H3,(H,14,15). The highest BCUT2D eigenvalue weighted by Crippen LogP contribution is 2.12. The van der Waals surface area contributed by atoms with Gasteiger partial charge in [-0.1, -0.05) is 6.92 Å². The van der Waals surface area contributed by atoms with Gasteiger partial charge in [0.1, 0.15) is 5.82 Å². The van der Waals surface area contributed by atoms with Gasteiger partial charge in [-0.25, -0.2) is 9.18 Å². The molecule has 1 atom stereocenters. The van der Waals surface area contributed by atoms with Crippen molar-refractivity contribution in [2.24, 2.45) is 0 Å². The molecule has 0 saturated carbocycles. The van der Waals surface area contributed by atoms with Gasteiger partial charge in [-0.2, -0.15) is 0 Å². The van der Waals surface area contributed by atoms with Crippen LogP contribution in [0.5, 0.6) is 0 Å². The number of carboxylic acids is 1. The molecule has 0 bridgehead atoms.